The van der Waals surface area contributed by atoms with Crippen LogP contribution >= 0.6 is 22.9 Å². The smallest absolute Gasteiger partial charge is 0.360 e. The molecular weight excluding hydrogens is 922 g/mol. The number of hydrogen-bond donors (Lipinski definition) is 2. The van der Waals surface area contributed by atoms with Crippen LogP contribution in [0.3, 0.4) is 0 Å². The number of carboxylic acids is 1. The molecule has 0 saturated carbocycles. The summed E-state index contributed by atoms with van der Waals surface area (Å²) in [5.41, 5.74) is 2.46. The van der Waals surface area contributed by atoms with E-state index >= 15 is 0 Å². The van der Waals surface area contributed by atoms with E-state index < -0.39 is 35.4 Å². The third kappa shape index (κ3) is 12.7. The third-order valence-corrected chi connectivity index (χ3v) is 11.7. The van der Waals surface area contributed by atoms with E-state index in [4.69, 9.17) is 54.6 Å². The lowest BCUT2D eigenvalue weighted by molar-refractivity contribution is -0.162. The van der Waals surface area contributed by atoms with Crippen molar-refractivity contribution in [2.45, 2.75) is 17.7 Å². The van der Waals surface area contributed by atoms with Crippen molar-refractivity contribution in [3.05, 3.63) is 213 Å². The van der Waals surface area contributed by atoms with Crippen molar-refractivity contribution in [2.24, 2.45) is 5.16 Å². The predicted octanol–water partition coefficient (Wildman–Crippen LogP) is 10.1. The number of ether oxygens (including phenoxy) is 7. The molecule has 1 unspecified atom stereocenters. The summed E-state index contributed by atoms with van der Waals surface area (Å²) in [6.07, 6.45) is -2.69. The van der Waals surface area contributed by atoms with Gasteiger partial charge in [0, 0.05) is 25.2 Å². The topological polar surface area (TPSA) is 165 Å². The number of benzene rings is 6. The fourth-order valence-electron chi connectivity index (χ4n) is 7.28. The second kappa shape index (κ2) is 25.3. The Hall–Kier alpha value is -7.11. The molecule has 1 heterocycles. The second-order valence-electron chi connectivity index (χ2n) is 15.0. The van der Waals surface area contributed by atoms with Gasteiger partial charge in [-0.15, -0.1) is 11.3 Å². The highest BCUT2D eigenvalue weighted by atomic mass is 35.5. The maximum Gasteiger partial charge on any atom is 0.360 e. The number of methoxy groups -OCH3 is 2. The first-order valence-corrected chi connectivity index (χ1v) is 23.0. The van der Waals surface area contributed by atoms with Gasteiger partial charge < -0.3 is 48.4 Å². The van der Waals surface area contributed by atoms with Gasteiger partial charge in [0.2, 0.25) is 5.71 Å². The van der Waals surface area contributed by atoms with E-state index in [2.05, 4.69) is 10.5 Å². The van der Waals surface area contributed by atoms with Crippen molar-refractivity contribution in [3.63, 3.8) is 0 Å². The van der Waals surface area contributed by atoms with Crippen LogP contribution in [-0.4, -0.2) is 82.0 Å². The molecule has 7 rings (SSSR count). The normalized spacial score (nSPS) is 12.0. The Balaban J connectivity index is 1.28. The van der Waals surface area contributed by atoms with Gasteiger partial charge in [-0.2, -0.15) is 0 Å². The summed E-state index contributed by atoms with van der Waals surface area (Å²) in [5, 5.41) is 20.3. The van der Waals surface area contributed by atoms with E-state index in [-0.39, 0.29) is 54.6 Å². The first-order valence-electron chi connectivity index (χ1n) is 21.7. The number of nitrogens with one attached hydrogen (secondary N) is 1. The van der Waals surface area contributed by atoms with E-state index in [1.54, 1.807) is 12.5 Å². The summed E-state index contributed by atoms with van der Waals surface area (Å²) in [6, 6.07) is 50.9. The number of carboxylic acid groups (broad SMARTS) is 1. The largest absolute Gasteiger partial charge is 0.476 e. The van der Waals surface area contributed by atoms with E-state index in [0.717, 1.165) is 16.7 Å². The Kier molecular flexibility index (Phi) is 18.3. The molecule has 0 aliphatic carbocycles. The van der Waals surface area contributed by atoms with E-state index in [0.29, 0.717) is 29.5 Å². The van der Waals surface area contributed by atoms with Gasteiger partial charge in [-0.1, -0.05) is 168 Å². The van der Waals surface area contributed by atoms with Crippen LogP contribution in [0.4, 0.5) is 5.13 Å². The molecule has 0 amide bonds. The average Bonchev–Trinajstić information content (AvgIpc) is 3.85. The number of rotatable bonds is 26. The minimum Gasteiger partial charge on any atom is -0.476 e. The van der Waals surface area contributed by atoms with E-state index in [1.807, 2.05) is 152 Å². The van der Waals surface area contributed by atoms with Crippen molar-refractivity contribution in [2.75, 3.05) is 59.5 Å². The molecule has 2 N–H and O–H groups in total. The Bertz CT molecular complexity index is 2580. The standard InChI is InChI=1S/C53H50ClN3O11S/c1-61-30-32-63-35-65-44-29-28-42(45(54)49(44)66-36-64-33-31-62-2)48(51(60)67-47(37-18-8-3-9-19-37)38-20-10-4-11-21-38)68-57-46(50(58)59)43-34-69-52(55-43)56-53(39-22-12-5-13-23-39,40-24-14-6-15-25-40)41-26-16-7-17-27-41/h3-29,34,47-48H,30-33,35-36H2,1-2H3,(H,55,56)(H,58,59)/b57-46-. The van der Waals surface area contributed by atoms with Crippen molar-refractivity contribution >= 4 is 45.7 Å². The summed E-state index contributed by atoms with van der Waals surface area (Å²) in [5.74, 6) is -2.32. The number of thiazole rings is 1. The summed E-state index contributed by atoms with van der Waals surface area (Å²) in [7, 11) is 3.09. The predicted molar refractivity (Wildman–Crippen MR) is 262 cm³/mol. The molecule has 69 heavy (non-hydrogen) atoms. The van der Waals surface area contributed by atoms with Crippen LogP contribution in [0.2, 0.25) is 5.02 Å². The Labute approximate surface area is 408 Å². The number of carbonyl (C=O) groups is 2. The number of anilines is 1. The van der Waals surface area contributed by atoms with Crippen molar-refractivity contribution in [1.82, 2.24) is 4.98 Å². The molecule has 0 saturated heterocycles. The molecule has 1 atom stereocenters. The maximum atomic E-state index is 14.7. The lowest BCUT2D eigenvalue weighted by atomic mass is 9.77. The average molecular weight is 973 g/mol. The van der Waals surface area contributed by atoms with Crippen LogP contribution in [0.15, 0.2) is 174 Å². The van der Waals surface area contributed by atoms with Crippen LogP contribution in [0.25, 0.3) is 0 Å². The van der Waals surface area contributed by atoms with Gasteiger partial charge in [0.05, 0.1) is 31.5 Å². The molecule has 0 aliphatic rings. The zero-order chi connectivity index (χ0) is 48.3. The summed E-state index contributed by atoms with van der Waals surface area (Å²) >= 11 is 8.29. The molecule has 7 aromatic rings. The number of aromatic nitrogens is 1. The lowest BCUT2D eigenvalue weighted by Crippen LogP contribution is -2.38. The zero-order valence-electron chi connectivity index (χ0n) is 37.8. The molecule has 1 aromatic heterocycles. The molecule has 0 bridgehead atoms. The lowest BCUT2D eigenvalue weighted by Gasteiger charge is -2.36. The summed E-state index contributed by atoms with van der Waals surface area (Å²) < 4.78 is 39.4. The fraction of sp³-hybridized carbons (Fsp3) is 0.208. The number of nitrogens with zero attached hydrogens (tertiary/aromatic N) is 2. The summed E-state index contributed by atoms with van der Waals surface area (Å²) in [6.45, 7) is 0.607. The number of hydrogen-bond acceptors (Lipinski definition) is 14. The number of halogens is 1. The molecule has 356 valence electrons. The third-order valence-electron chi connectivity index (χ3n) is 10.6. The zero-order valence-corrected chi connectivity index (χ0v) is 39.3. The van der Waals surface area contributed by atoms with Crippen LogP contribution < -0.4 is 14.8 Å². The highest BCUT2D eigenvalue weighted by Gasteiger charge is 2.38. The van der Waals surface area contributed by atoms with Crippen LogP contribution in [-0.2, 0) is 43.6 Å². The van der Waals surface area contributed by atoms with Crippen molar-refractivity contribution < 1.29 is 52.7 Å². The van der Waals surface area contributed by atoms with Gasteiger partial charge in [0.25, 0.3) is 6.10 Å². The minimum absolute atomic E-state index is 0.00794. The van der Waals surface area contributed by atoms with Gasteiger partial charge in [-0.05, 0) is 39.9 Å². The van der Waals surface area contributed by atoms with Crippen molar-refractivity contribution in [3.8, 4) is 11.5 Å². The van der Waals surface area contributed by atoms with Gasteiger partial charge >= 0.3 is 11.9 Å². The number of carbonyl (C=O) groups excluding carboxylic acids is 1. The molecular formula is C53H50ClN3O11S. The SMILES string of the molecule is COCCOCOc1ccc(C(O/N=C(\C(=O)O)c2csc(NC(c3ccccc3)(c3ccccc3)c3ccccc3)n2)C(=O)OC(c2ccccc2)c2ccccc2)c(Cl)c1OCOCCOC. The Morgan fingerprint density at radius 2 is 1.17 bits per heavy atom. The highest BCUT2D eigenvalue weighted by Crippen LogP contribution is 2.43. The quantitative estimate of drug-likeness (QED) is 0.0132. The van der Waals surface area contributed by atoms with E-state index in [1.165, 1.54) is 30.6 Å². The van der Waals surface area contributed by atoms with Gasteiger partial charge in [0.15, 0.2) is 36.3 Å². The Morgan fingerprint density at radius 3 is 1.67 bits per heavy atom. The number of oxime groups is 1. The van der Waals surface area contributed by atoms with Gasteiger partial charge in [-0.25, -0.2) is 14.6 Å². The Morgan fingerprint density at radius 1 is 0.681 bits per heavy atom. The second-order valence-corrected chi connectivity index (χ2v) is 16.2. The fourth-order valence-corrected chi connectivity index (χ4v) is 8.34. The van der Waals surface area contributed by atoms with Gasteiger partial charge in [-0.3, -0.25) is 0 Å². The highest BCUT2D eigenvalue weighted by molar-refractivity contribution is 7.14. The number of aliphatic carboxylic acids is 1. The number of esters is 1. The molecule has 16 heteroatoms. The first kappa shape index (κ1) is 49.8. The minimum atomic E-state index is -1.77. The molecule has 14 nitrogen and oxygen atoms in total. The summed E-state index contributed by atoms with van der Waals surface area (Å²) in [4.78, 5) is 38.7. The van der Waals surface area contributed by atoms with Crippen LogP contribution in [0, 0.1) is 0 Å². The van der Waals surface area contributed by atoms with Crippen LogP contribution in [0.5, 0.6) is 11.5 Å². The maximum absolute atomic E-state index is 14.7. The molecule has 0 fully saturated rings. The monoisotopic (exact) mass is 971 g/mol. The molecule has 0 spiro atoms. The first-order chi connectivity index (χ1) is 33.8. The molecule has 6 aromatic carbocycles. The van der Waals surface area contributed by atoms with Gasteiger partial charge in [0.1, 0.15) is 11.2 Å². The van der Waals surface area contributed by atoms with Crippen LogP contribution in [0.1, 0.15) is 51.3 Å². The van der Waals surface area contributed by atoms with Crippen molar-refractivity contribution in [1.29, 1.82) is 0 Å². The van der Waals surface area contributed by atoms with E-state index in [9.17, 15) is 14.7 Å². The molecule has 0 radical (unpaired) electrons. The molecule has 0 aliphatic heterocycles.